The van der Waals surface area contributed by atoms with Gasteiger partial charge in [0.1, 0.15) is 17.6 Å². The van der Waals surface area contributed by atoms with Crippen LogP contribution in [0.5, 0.6) is 5.75 Å². The fraction of sp³-hybridized carbons (Fsp3) is 0.364. The summed E-state index contributed by atoms with van der Waals surface area (Å²) in [5, 5.41) is 13.0. The Kier molecular flexibility index (Phi) is 10.7. The number of unbranched alkanes of at least 4 members (excludes halogenated alkanes) is 1. The molecule has 3 N–H and O–H groups in total. The zero-order chi connectivity index (χ0) is 31.1. The number of hydrogen-bond acceptors (Lipinski definition) is 5. The van der Waals surface area contributed by atoms with Crippen LogP contribution in [-0.2, 0) is 10.2 Å². The second kappa shape index (κ2) is 14.3. The molecule has 1 heterocycles. The van der Waals surface area contributed by atoms with Crippen molar-refractivity contribution >= 4 is 41.0 Å². The third kappa shape index (κ3) is 7.88. The number of nitrogens with one attached hydrogen (secondary N) is 2. The van der Waals surface area contributed by atoms with Crippen molar-refractivity contribution in [2.75, 3.05) is 13.2 Å². The zero-order valence-electron chi connectivity index (χ0n) is 24.9. The minimum Gasteiger partial charge on any atom is -0.493 e. The molecule has 3 amide bonds. The quantitative estimate of drug-likeness (QED) is 0.123. The van der Waals surface area contributed by atoms with Crippen molar-refractivity contribution < 1.29 is 19.5 Å². The molecule has 8 nitrogen and oxygen atoms in total. The first-order valence-electron chi connectivity index (χ1n) is 14.4. The Morgan fingerprint density at radius 3 is 2.16 bits per heavy atom. The molecule has 228 valence electrons. The Bertz CT molecular complexity index is 1450. The molecular weight excluding hydrogens is 587 g/mol. The molecule has 0 fully saturated rings. The second-order valence-electron chi connectivity index (χ2n) is 11.4. The summed E-state index contributed by atoms with van der Waals surface area (Å²) in [6.07, 6.45) is 1.22. The maximum absolute atomic E-state index is 14.1. The number of urea groups is 1. The summed E-state index contributed by atoms with van der Waals surface area (Å²) in [5.74, 6) is 0.671. The minimum atomic E-state index is -0.495. The molecule has 0 aliphatic carbocycles. The fourth-order valence-electron chi connectivity index (χ4n) is 5.06. The normalized spacial score (nSPS) is 16.5. The summed E-state index contributed by atoms with van der Waals surface area (Å²) < 4.78 is 6.14. The number of rotatable bonds is 10. The number of carbonyl (C=O) groups excluding carboxylic acids is 2. The number of benzene rings is 3. The van der Waals surface area contributed by atoms with Gasteiger partial charge in [-0.3, -0.25) is 19.9 Å². The zero-order valence-corrected chi connectivity index (χ0v) is 26.4. The van der Waals surface area contributed by atoms with Crippen LogP contribution in [0.2, 0.25) is 10.0 Å². The van der Waals surface area contributed by atoms with Crippen molar-refractivity contribution in [3.63, 3.8) is 0 Å². The van der Waals surface area contributed by atoms with Gasteiger partial charge in [0, 0.05) is 23.0 Å². The van der Waals surface area contributed by atoms with Gasteiger partial charge in [-0.15, -0.1) is 0 Å². The van der Waals surface area contributed by atoms with E-state index in [2.05, 4.69) is 32.2 Å². The predicted molar refractivity (Wildman–Crippen MR) is 170 cm³/mol. The lowest BCUT2D eigenvalue weighted by Crippen LogP contribution is -2.44. The molecule has 3 aromatic carbocycles. The van der Waals surface area contributed by atoms with Crippen LogP contribution in [0.4, 0.5) is 4.79 Å². The van der Waals surface area contributed by atoms with Crippen molar-refractivity contribution in [3.05, 3.63) is 99.0 Å². The summed E-state index contributed by atoms with van der Waals surface area (Å²) in [7, 11) is 0. The van der Waals surface area contributed by atoms with E-state index in [1.165, 1.54) is 0 Å². The van der Waals surface area contributed by atoms with E-state index in [0.717, 1.165) is 16.7 Å². The lowest BCUT2D eigenvalue weighted by atomic mass is 9.86. The number of ether oxygens (including phenoxy) is 1. The van der Waals surface area contributed by atoms with Crippen LogP contribution in [-0.4, -0.2) is 41.0 Å². The molecule has 43 heavy (non-hydrogen) atoms. The molecule has 0 radical (unpaired) electrons. The molecule has 2 unspecified atom stereocenters. The SMILES string of the molecule is CCOc1cc(C(C)(C)C)ccc1C1=NC(c2ccc(Cl)cc2)C(c2ccc(Cl)cc2)N1C(=O)NCCCCC(=O)NO. The van der Waals surface area contributed by atoms with Crippen molar-refractivity contribution in [1.29, 1.82) is 0 Å². The average molecular weight is 626 g/mol. The van der Waals surface area contributed by atoms with E-state index < -0.39 is 18.0 Å². The van der Waals surface area contributed by atoms with Crippen molar-refractivity contribution in [1.82, 2.24) is 15.7 Å². The summed E-state index contributed by atoms with van der Waals surface area (Å²) >= 11 is 12.5. The van der Waals surface area contributed by atoms with Gasteiger partial charge in [0.05, 0.1) is 18.2 Å². The number of hydrogen-bond donors (Lipinski definition) is 3. The Morgan fingerprint density at radius 1 is 0.953 bits per heavy atom. The smallest absolute Gasteiger partial charge is 0.323 e. The van der Waals surface area contributed by atoms with Crippen LogP contribution >= 0.6 is 23.2 Å². The minimum absolute atomic E-state index is 0.108. The van der Waals surface area contributed by atoms with E-state index in [-0.39, 0.29) is 17.9 Å². The van der Waals surface area contributed by atoms with Gasteiger partial charge in [0.2, 0.25) is 5.91 Å². The average Bonchev–Trinajstić information content (AvgIpc) is 3.37. The Labute approximate surface area is 263 Å². The molecule has 0 spiro atoms. The van der Waals surface area contributed by atoms with Crippen molar-refractivity contribution in [3.8, 4) is 5.75 Å². The monoisotopic (exact) mass is 624 g/mol. The Morgan fingerprint density at radius 2 is 1.58 bits per heavy atom. The fourth-order valence-corrected chi connectivity index (χ4v) is 5.31. The highest BCUT2D eigenvalue weighted by molar-refractivity contribution is 6.30. The van der Waals surface area contributed by atoms with E-state index in [9.17, 15) is 9.59 Å². The van der Waals surface area contributed by atoms with Gasteiger partial charge in [-0.2, -0.15) is 0 Å². The first kappa shape index (κ1) is 32.3. The molecule has 1 aliphatic rings. The van der Waals surface area contributed by atoms with Gasteiger partial charge >= 0.3 is 6.03 Å². The van der Waals surface area contributed by atoms with Gasteiger partial charge in [-0.1, -0.05) is 74.3 Å². The van der Waals surface area contributed by atoms with Crippen LogP contribution in [0.25, 0.3) is 0 Å². The van der Waals surface area contributed by atoms with Crippen LogP contribution in [0.3, 0.4) is 0 Å². The van der Waals surface area contributed by atoms with E-state index in [0.29, 0.717) is 53.2 Å². The van der Waals surface area contributed by atoms with E-state index in [4.69, 9.17) is 38.1 Å². The van der Waals surface area contributed by atoms with Gasteiger partial charge < -0.3 is 10.1 Å². The summed E-state index contributed by atoms with van der Waals surface area (Å²) in [6.45, 7) is 9.13. The Balaban J connectivity index is 1.81. The van der Waals surface area contributed by atoms with E-state index >= 15 is 0 Å². The first-order valence-corrected chi connectivity index (χ1v) is 15.2. The molecular formula is C33H38Cl2N4O4. The Hall–Kier alpha value is -3.59. The third-order valence-electron chi connectivity index (χ3n) is 7.33. The van der Waals surface area contributed by atoms with Crippen LogP contribution in [0, 0.1) is 0 Å². The molecule has 2 atom stereocenters. The van der Waals surface area contributed by atoms with Crippen LogP contribution in [0.15, 0.2) is 71.7 Å². The number of amides is 3. The molecule has 0 saturated heterocycles. The van der Waals surface area contributed by atoms with Crippen LogP contribution < -0.4 is 15.5 Å². The van der Waals surface area contributed by atoms with Gasteiger partial charge in [-0.25, -0.2) is 10.3 Å². The molecule has 0 saturated carbocycles. The first-order chi connectivity index (χ1) is 20.5. The molecule has 4 rings (SSSR count). The van der Waals surface area contributed by atoms with Gasteiger partial charge in [0.25, 0.3) is 0 Å². The molecule has 10 heteroatoms. The standard InChI is InChI=1S/C33H38Cl2N4O4/c1-5-43-27-20-23(33(2,3)4)13-18-26(27)31-37-29(21-9-14-24(34)15-10-21)30(22-11-16-25(35)17-12-22)39(31)32(41)36-19-7-6-8-28(40)38-42/h9-18,20,29-30,42H,5-8,19H2,1-4H3,(H,36,41)(H,38,40). The highest BCUT2D eigenvalue weighted by atomic mass is 35.5. The molecule has 0 bridgehead atoms. The van der Waals surface area contributed by atoms with Gasteiger partial charge in [0.15, 0.2) is 0 Å². The highest BCUT2D eigenvalue weighted by Gasteiger charge is 2.43. The number of aliphatic imine (C=N–C) groups is 1. The van der Waals surface area contributed by atoms with Crippen LogP contribution in [0.1, 0.15) is 81.3 Å². The van der Waals surface area contributed by atoms with E-state index in [1.807, 2.05) is 55.5 Å². The maximum atomic E-state index is 14.1. The summed E-state index contributed by atoms with van der Waals surface area (Å²) in [6, 6.07) is 19.7. The third-order valence-corrected chi connectivity index (χ3v) is 7.83. The summed E-state index contributed by atoms with van der Waals surface area (Å²) in [5.41, 5.74) is 5.10. The van der Waals surface area contributed by atoms with E-state index in [1.54, 1.807) is 22.5 Å². The number of amidine groups is 1. The predicted octanol–water partition coefficient (Wildman–Crippen LogP) is 7.62. The molecule has 0 aromatic heterocycles. The van der Waals surface area contributed by atoms with Crippen molar-refractivity contribution in [2.24, 2.45) is 4.99 Å². The highest BCUT2D eigenvalue weighted by Crippen LogP contribution is 2.45. The molecule has 3 aromatic rings. The van der Waals surface area contributed by atoms with Crippen molar-refractivity contribution in [2.45, 2.75) is 64.5 Å². The summed E-state index contributed by atoms with van der Waals surface area (Å²) in [4.78, 5) is 32.4. The topological polar surface area (TPSA) is 103 Å². The molecule has 1 aliphatic heterocycles. The second-order valence-corrected chi connectivity index (χ2v) is 12.3. The number of hydroxylamine groups is 1. The maximum Gasteiger partial charge on any atom is 0.323 e. The number of nitrogens with zero attached hydrogens (tertiary/aromatic N) is 2. The lowest BCUT2D eigenvalue weighted by Gasteiger charge is -2.30. The largest absolute Gasteiger partial charge is 0.493 e. The lowest BCUT2D eigenvalue weighted by molar-refractivity contribution is -0.129. The van der Waals surface area contributed by atoms with Gasteiger partial charge in [-0.05, 0) is 78.3 Å². The number of carbonyl (C=O) groups is 2. The number of halogens is 2.